The lowest BCUT2D eigenvalue weighted by Crippen LogP contribution is -2.56. The van der Waals surface area contributed by atoms with Gasteiger partial charge in [0.1, 0.15) is 11.2 Å². The van der Waals surface area contributed by atoms with Gasteiger partial charge in [0.15, 0.2) is 20.1 Å². The van der Waals surface area contributed by atoms with Crippen molar-refractivity contribution in [3.8, 4) is 0 Å². The number of amides is 3. The van der Waals surface area contributed by atoms with Gasteiger partial charge >= 0.3 is 18.2 Å². The quantitative estimate of drug-likeness (QED) is 0.0289. The van der Waals surface area contributed by atoms with Crippen molar-refractivity contribution in [2.75, 3.05) is 20.2 Å². The molecule has 2 aromatic rings. The average Bonchev–Trinajstić information content (AvgIpc) is 3.54. The van der Waals surface area contributed by atoms with E-state index >= 15 is 0 Å². The molecular formula is C45H75N5O9Si. The number of H-pyrrole nitrogens is 1. The summed E-state index contributed by atoms with van der Waals surface area (Å²) in [6, 6.07) is 4.81. The minimum atomic E-state index is -2.21. The maximum atomic E-state index is 14.2. The number of methoxy groups -OCH3 is 1. The van der Waals surface area contributed by atoms with Crippen molar-refractivity contribution in [3.63, 3.8) is 0 Å². The number of carbonyl (C=O) groups excluding carboxylic acids is 5. The van der Waals surface area contributed by atoms with Gasteiger partial charge in [0.25, 0.3) is 0 Å². The first-order valence-corrected chi connectivity index (χ1v) is 24.6. The molecule has 1 aromatic carbocycles. The number of benzene rings is 1. The second-order valence-corrected chi connectivity index (χ2v) is 24.4. The molecule has 60 heavy (non-hydrogen) atoms. The zero-order valence-corrected chi connectivity index (χ0v) is 39.4. The maximum Gasteiger partial charge on any atom is 0.408 e. The number of ether oxygens (including phenoxy) is 3. The Labute approximate surface area is 359 Å². The van der Waals surface area contributed by atoms with Gasteiger partial charge in [-0.2, -0.15) is 0 Å². The monoisotopic (exact) mass is 858 g/mol. The van der Waals surface area contributed by atoms with E-state index < -0.39 is 61.4 Å². The van der Waals surface area contributed by atoms with E-state index in [4.69, 9.17) is 18.6 Å². The molecule has 1 unspecified atom stereocenters. The van der Waals surface area contributed by atoms with Crippen LogP contribution in [0, 0.1) is 5.92 Å². The summed E-state index contributed by atoms with van der Waals surface area (Å²) in [6.07, 6.45) is 7.74. The Morgan fingerprint density at radius 1 is 0.833 bits per heavy atom. The van der Waals surface area contributed by atoms with Crippen LogP contribution in [-0.4, -0.2) is 98.8 Å². The Morgan fingerprint density at radius 3 is 2.10 bits per heavy atom. The molecule has 1 saturated carbocycles. The number of nitrogens with one attached hydrogen (secondary N) is 5. The molecule has 3 rings (SSSR count). The van der Waals surface area contributed by atoms with Crippen molar-refractivity contribution in [1.29, 1.82) is 0 Å². The van der Waals surface area contributed by atoms with Gasteiger partial charge in [-0.25, -0.2) is 14.4 Å². The standard InChI is InChI=1S/C45H75N5O9Si/c1-43(2,3)57-41(54)47-27-18-14-13-17-26-46-34-23-19-20-30(39(34)59-60(11,12)45(7,8)9)24-25-36(51)50-37(40(53)56-10)38(52)35(49-42(55)58-44(4,5)6)28-31-29-48-33-22-16-15-21-32(31)33/h15-16,21-22,29-30,34-35,37,39,46,48H,13-14,17-20,23-28H2,1-12H3,(H,47,54)(H,49,55)(H,50,51)/t30-,34-,35+,37+,39?/m1/s1. The lowest BCUT2D eigenvalue weighted by Gasteiger charge is -2.46. The highest BCUT2D eigenvalue weighted by molar-refractivity contribution is 6.74. The van der Waals surface area contributed by atoms with Crippen LogP contribution in [0.2, 0.25) is 18.1 Å². The molecule has 1 aliphatic carbocycles. The number of hydrogen-bond donors (Lipinski definition) is 5. The van der Waals surface area contributed by atoms with Gasteiger partial charge in [-0.15, -0.1) is 0 Å². The van der Waals surface area contributed by atoms with Crippen LogP contribution in [0.4, 0.5) is 9.59 Å². The van der Waals surface area contributed by atoms with Crippen LogP contribution in [0.5, 0.6) is 0 Å². The first kappa shape index (κ1) is 50.4. The molecule has 0 spiro atoms. The maximum absolute atomic E-state index is 14.2. The Balaban J connectivity index is 1.69. The third kappa shape index (κ3) is 16.5. The first-order valence-electron chi connectivity index (χ1n) is 21.7. The Hall–Kier alpha value is -3.95. The van der Waals surface area contributed by atoms with Crippen LogP contribution >= 0.6 is 0 Å². The van der Waals surface area contributed by atoms with E-state index in [1.54, 1.807) is 27.0 Å². The molecule has 0 radical (unpaired) electrons. The molecule has 0 bridgehead atoms. The predicted molar refractivity (Wildman–Crippen MR) is 237 cm³/mol. The lowest BCUT2D eigenvalue weighted by atomic mass is 9.80. The minimum absolute atomic E-state index is 0.0189. The van der Waals surface area contributed by atoms with Crippen LogP contribution in [0.15, 0.2) is 30.5 Å². The zero-order valence-electron chi connectivity index (χ0n) is 38.4. The number of ketones is 1. The fourth-order valence-electron chi connectivity index (χ4n) is 7.18. The minimum Gasteiger partial charge on any atom is -0.467 e. The van der Waals surface area contributed by atoms with E-state index in [1.165, 1.54) is 0 Å². The number of rotatable bonds is 20. The number of unbranched alkanes of at least 4 members (excludes halogenated alkanes) is 3. The summed E-state index contributed by atoms with van der Waals surface area (Å²) in [5.74, 6) is -2.04. The number of aromatic amines is 1. The summed E-state index contributed by atoms with van der Waals surface area (Å²) in [5, 5.41) is 12.8. The van der Waals surface area contributed by atoms with E-state index in [-0.39, 0.29) is 35.9 Å². The number of alkyl carbamates (subject to hydrolysis) is 2. The summed E-state index contributed by atoms with van der Waals surface area (Å²) in [4.78, 5) is 69.3. The van der Waals surface area contributed by atoms with Crippen molar-refractivity contribution in [2.24, 2.45) is 5.92 Å². The van der Waals surface area contributed by atoms with Gasteiger partial charge in [0, 0.05) is 42.5 Å². The average molecular weight is 858 g/mol. The van der Waals surface area contributed by atoms with E-state index in [1.807, 2.05) is 45.0 Å². The normalized spacial score (nSPS) is 18.6. The topological polar surface area (TPSA) is 186 Å². The Morgan fingerprint density at radius 2 is 1.47 bits per heavy atom. The predicted octanol–water partition coefficient (Wildman–Crippen LogP) is 7.84. The van der Waals surface area contributed by atoms with E-state index in [9.17, 15) is 24.0 Å². The van der Waals surface area contributed by atoms with Crippen LogP contribution in [0.3, 0.4) is 0 Å². The number of esters is 1. The van der Waals surface area contributed by atoms with Crippen molar-refractivity contribution in [3.05, 3.63) is 36.0 Å². The van der Waals surface area contributed by atoms with E-state index in [0.717, 1.165) is 75.1 Å². The summed E-state index contributed by atoms with van der Waals surface area (Å²) in [7, 11) is -1.05. The number of carbonyl (C=O) groups is 5. The zero-order chi connectivity index (χ0) is 44.9. The van der Waals surface area contributed by atoms with E-state index in [0.29, 0.717) is 13.0 Å². The van der Waals surface area contributed by atoms with Gasteiger partial charge in [-0.05, 0) is 116 Å². The highest BCUT2D eigenvalue weighted by Gasteiger charge is 2.44. The molecule has 3 amide bonds. The van der Waals surface area contributed by atoms with Gasteiger partial charge < -0.3 is 44.9 Å². The van der Waals surface area contributed by atoms with Crippen molar-refractivity contribution >= 4 is 49.1 Å². The molecule has 5 N–H and O–H groups in total. The number of aromatic nitrogens is 1. The van der Waals surface area contributed by atoms with Crippen LogP contribution in [0.25, 0.3) is 10.9 Å². The van der Waals surface area contributed by atoms with Gasteiger partial charge in [-0.1, -0.05) is 58.2 Å². The van der Waals surface area contributed by atoms with Crippen LogP contribution < -0.4 is 21.3 Å². The number of fused-ring (bicyclic) bond motifs is 1. The fraction of sp³-hybridized carbons (Fsp3) is 0.711. The summed E-state index contributed by atoms with van der Waals surface area (Å²) in [5.41, 5.74) is 0.243. The molecule has 15 heteroatoms. The molecule has 1 fully saturated rings. The largest absolute Gasteiger partial charge is 0.467 e. The fourth-order valence-corrected chi connectivity index (χ4v) is 8.57. The SMILES string of the molecule is COC(=O)[C@@H](NC(=O)CC[C@H]1CCC[C@@H](NCCCCCCNC(=O)OC(C)(C)C)C1O[Si](C)(C)C(C)(C)C)C(=O)[C@H](Cc1c[nH]c2ccccc12)NC(=O)OC(C)(C)C. The summed E-state index contributed by atoms with van der Waals surface area (Å²) in [6.45, 7) is 23.2. The third-order valence-corrected chi connectivity index (χ3v) is 15.7. The summed E-state index contributed by atoms with van der Waals surface area (Å²) >= 11 is 0. The molecule has 338 valence electrons. The number of para-hydroxylation sites is 1. The van der Waals surface area contributed by atoms with Crippen LogP contribution in [0.1, 0.15) is 126 Å². The summed E-state index contributed by atoms with van der Waals surface area (Å²) < 4.78 is 22.9. The highest BCUT2D eigenvalue weighted by Crippen LogP contribution is 2.41. The molecule has 1 heterocycles. The van der Waals surface area contributed by atoms with Gasteiger partial charge in [0.2, 0.25) is 5.91 Å². The second-order valence-electron chi connectivity index (χ2n) is 19.7. The van der Waals surface area contributed by atoms with E-state index in [2.05, 4.69) is 60.1 Å². The highest BCUT2D eigenvalue weighted by atomic mass is 28.4. The third-order valence-electron chi connectivity index (χ3n) is 11.3. The van der Waals surface area contributed by atoms with Crippen LogP contribution in [-0.2, 0) is 39.4 Å². The lowest BCUT2D eigenvalue weighted by molar-refractivity contribution is -0.149. The molecule has 0 aliphatic heterocycles. The molecule has 5 atom stereocenters. The van der Waals surface area contributed by atoms with Crippen molar-refractivity contribution < 1.29 is 42.6 Å². The molecule has 1 aliphatic rings. The molecule has 0 saturated heterocycles. The molecule has 1 aromatic heterocycles. The van der Waals surface area contributed by atoms with Crippen molar-refractivity contribution in [2.45, 2.75) is 180 Å². The molecular weight excluding hydrogens is 783 g/mol. The molecule has 14 nitrogen and oxygen atoms in total. The van der Waals surface area contributed by atoms with Gasteiger partial charge in [0.05, 0.1) is 19.3 Å². The number of hydrogen-bond acceptors (Lipinski definition) is 10. The second kappa shape index (κ2) is 22.2. The Bertz CT molecular complexity index is 1730. The van der Waals surface area contributed by atoms with Crippen molar-refractivity contribution in [1.82, 2.24) is 26.3 Å². The Kier molecular flexibility index (Phi) is 18.7. The first-order chi connectivity index (χ1) is 27.9. The van der Waals surface area contributed by atoms with Gasteiger partial charge in [-0.3, -0.25) is 9.59 Å². The number of Topliss-reactive ketones (excluding diaryl/α,β-unsaturated/α-hetero) is 1. The smallest absolute Gasteiger partial charge is 0.408 e.